The molecule has 74 valence electrons. The molecular formula is C11H14N2O. The summed E-state index contributed by atoms with van der Waals surface area (Å²) < 4.78 is 5.25. The minimum absolute atomic E-state index is 0.577. The largest absolute Gasteiger partial charge is 0.421 e. The molecule has 0 saturated carbocycles. The van der Waals surface area contributed by atoms with Crippen molar-refractivity contribution in [2.24, 2.45) is 0 Å². The average molecular weight is 190 g/mol. The van der Waals surface area contributed by atoms with Crippen molar-refractivity contribution in [2.45, 2.75) is 20.8 Å². The highest BCUT2D eigenvalue weighted by Gasteiger charge is 2.02. The Morgan fingerprint density at radius 1 is 1.00 bits per heavy atom. The highest BCUT2D eigenvalue weighted by molar-refractivity contribution is 5.51. The van der Waals surface area contributed by atoms with Crippen molar-refractivity contribution >= 4 is 0 Å². The van der Waals surface area contributed by atoms with Crippen LogP contribution < -0.4 is 0 Å². The molecule has 1 aromatic heterocycles. The van der Waals surface area contributed by atoms with Crippen LogP contribution >= 0.6 is 0 Å². The van der Waals surface area contributed by atoms with E-state index in [9.17, 15) is 0 Å². The third-order valence-corrected chi connectivity index (χ3v) is 1.55. The summed E-state index contributed by atoms with van der Waals surface area (Å²) >= 11 is 0. The molecule has 2 aromatic rings. The van der Waals surface area contributed by atoms with Gasteiger partial charge in [-0.1, -0.05) is 32.0 Å². The summed E-state index contributed by atoms with van der Waals surface area (Å²) in [6.07, 6.45) is 0. The number of nitrogens with zero attached hydrogens (tertiary/aromatic N) is 2. The van der Waals surface area contributed by atoms with Crippen LogP contribution in [0.1, 0.15) is 19.7 Å². The summed E-state index contributed by atoms with van der Waals surface area (Å²) in [6, 6.07) is 9.70. The fourth-order valence-electron chi connectivity index (χ4n) is 0.994. The smallest absolute Gasteiger partial charge is 0.247 e. The number of hydrogen-bond donors (Lipinski definition) is 0. The van der Waals surface area contributed by atoms with Crippen molar-refractivity contribution in [2.75, 3.05) is 0 Å². The van der Waals surface area contributed by atoms with Crippen molar-refractivity contribution in [1.82, 2.24) is 10.2 Å². The van der Waals surface area contributed by atoms with Gasteiger partial charge in [-0.15, -0.1) is 10.2 Å². The Morgan fingerprint density at radius 2 is 1.64 bits per heavy atom. The van der Waals surface area contributed by atoms with Crippen molar-refractivity contribution in [1.29, 1.82) is 0 Å². The third kappa shape index (κ3) is 2.42. The van der Waals surface area contributed by atoms with Gasteiger partial charge in [0.05, 0.1) is 0 Å². The molecule has 0 bridgehead atoms. The predicted molar refractivity (Wildman–Crippen MR) is 55.8 cm³/mol. The van der Waals surface area contributed by atoms with Crippen LogP contribution in [-0.2, 0) is 0 Å². The second-order valence-electron chi connectivity index (χ2n) is 2.49. The Balaban J connectivity index is 0.000000461. The van der Waals surface area contributed by atoms with Gasteiger partial charge in [0, 0.05) is 12.5 Å². The van der Waals surface area contributed by atoms with E-state index in [1.807, 2.05) is 44.2 Å². The molecule has 3 heteroatoms. The van der Waals surface area contributed by atoms with Gasteiger partial charge in [-0.2, -0.15) is 0 Å². The normalized spacial score (nSPS) is 9.07. The predicted octanol–water partition coefficient (Wildman–Crippen LogP) is 3.07. The summed E-state index contributed by atoms with van der Waals surface area (Å²) in [5, 5.41) is 7.65. The summed E-state index contributed by atoms with van der Waals surface area (Å²) in [5.41, 5.74) is 0.957. The molecule has 0 fully saturated rings. The van der Waals surface area contributed by atoms with Crippen LogP contribution in [0, 0.1) is 6.92 Å². The van der Waals surface area contributed by atoms with Gasteiger partial charge in [0.15, 0.2) is 0 Å². The Hall–Kier alpha value is -1.64. The Kier molecular flexibility index (Phi) is 3.85. The zero-order valence-corrected chi connectivity index (χ0v) is 8.69. The minimum Gasteiger partial charge on any atom is -0.421 e. The van der Waals surface area contributed by atoms with E-state index in [2.05, 4.69) is 10.2 Å². The van der Waals surface area contributed by atoms with E-state index in [4.69, 9.17) is 4.42 Å². The van der Waals surface area contributed by atoms with E-state index in [1.165, 1.54) is 0 Å². The highest BCUT2D eigenvalue weighted by Crippen LogP contribution is 2.15. The average Bonchev–Trinajstić information content (AvgIpc) is 2.69. The van der Waals surface area contributed by atoms with Crippen molar-refractivity contribution < 1.29 is 4.42 Å². The number of benzene rings is 1. The van der Waals surface area contributed by atoms with E-state index in [1.54, 1.807) is 6.92 Å². The van der Waals surface area contributed by atoms with Crippen LogP contribution in [0.25, 0.3) is 11.5 Å². The van der Waals surface area contributed by atoms with E-state index >= 15 is 0 Å². The summed E-state index contributed by atoms with van der Waals surface area (Å²) in [4.78, 5) is 0. The van der Waals surface area contributed by atoms with Crippen LogP contribution in [-0.4, -0.2) is 10.2 Å². The molecule has 0 aliphatic carbocycles. The fraction of sp³-hybridized carbons (Fsp3) is 0.273. The molecule has 14 heavy (non-hydrogen) atoms. The maximum Gasteiger partial charge on any atom is 0.247 e. The standard InChI is InChI=1S/C9H8N2O.C2H6/c1-7-10-11-9(12-7)8-5-3-2-4-6-8;1-2/h2-6H,1H3;1-2H3. The third-order valence-electron chi connectivity index (χ3n) is 1.55. The molecule has 0 amide bonds. The van der Waals surface area contributed by atoms with E-state index in [0.29, 0.717) is 11.8 Å². The highest BCUT2D eigenvalue weighted by atomic mass is 16.4. The van der Waals surface area contributed by atoms with E-state index in [0.717, 1.165) is 5.56 Å². The lowest BCUT2D eigenvalue weighted by molar-refractivity contribution is 0.533. The Labute approximate surface area is 83.8 Å². The van der Waals surface area contributed by atoms with Crippen LogP contribution in [0.2, 0.25) is 0 Å². The van der Waals surface area contributed by atoms with Gasteiger partial charge >= 0.3 is 0 Å². The van der Waals surface area contributed by atoms with Gasteiger partial charge in [-0.05, 0) is 12.1 Å². The lowest BCUT2D eigenvalue weighted by Crippen LogP contribution is -1.75. The number of hydrogen-bond acceptors (Lipinski definition) is 3. The molecule has 0 aliphatic rings. The monoisotopic (exact) mass is 190 g/mol. The SMILES string of the molecule is CC.Cc1nnc(-c2ccccc2)o1. The Bertz CT molecular complexity index is 368. The maximum atomic E-state index is 5.25. The summed E-state index contributed by atoms with van der Waals surface area (Å²) in [7, 11) is 0. The molecule has 0 saturated heterocycles. The lowest BCUT2D eigenvalue weighted by atomic mass is 10.2. The maximum absolute atomic E-state index is 5.25. The zero-order chi connectivity index (χ0) is 10.4. The molecule has 0 aliphatic heterocycles. The van der Waals surface area contributed by atoms with E-state index < -0.39 is 0 Å². The minimum atomic E-state index is 0.577. The van der Waals surface area contributed by atoms with E-state index in [-0.39, 0.29) is 0 Å². The molecule has 3 nitrogen and oxygen atoms in total. The molecular weight excluding hydrogens is 176 g/mol. The van der Waals surface area contributed by atoms with Crippen molar-refractivity contribution in [3.63, 3.8) is 0 Å². The lowest BCUT2D eigenvalue weighted by Gasteiger charge is -1.90. The zero-order valence-electron chi connectivity index (χ0n) is 8.69. The molecule has 1 heterocycles. The van der Waals surface area contributed by atoms with Crippen LogP contribution in [0.15, 0.2) is 34.7 Å². The topological polar surface area (TPSA) is 38.9 Å². The number of aromatic nitrogens is 2. The fourth-order valence-corrected chi connectivity index (χ4v) is 0.994. The Morgan fingerprint density at radius 3 is 2.14 bits per heavy atom. The first-order valence-corrected chi connectivity index (χ1v) is 4.72. The van der Waals surface area contributed by atoms with Gasteiger partial charge in [-0.25, -0.2) is 0 Å². The second-order valence-corrected chi connectivity index (χ2v) is 2.49. The van der Waals surface area contributed by atoms with Gasteiger partial charge in [0.1, 0.15) is 0 Å². The van der Waals surface area contributed by atoms with Crippen LogP contribution in [0.4, 0.5) is 0 Å². The van der Waals surface area contributed by atoms with Crippen molar-refractivity contribution in [3.05, 3.63) is 36.2 Å². The molecule has 0 unspecified atom stereocenters. The van der Waals surface area contributed by atoms with Gasteiger partial charge in [0.2, 0.25) is 11.8 Å². The van der Waals surface area contributed by atoms with Crippen molar-refractivity contribution in [3.8, 4) is 11.5 Å². The number of rotatable bonds is 1. The van der Waals surface area contributed by atoms with Crippen LogP contribution in [0.3, 0.4) is 0 Å². The first kappa shape index (κ1) is 10.4. The molecule has 1 aromatic carbocycles. The van der Waals surface area contributed by atoms with Gasteiger partial charge in [0.25, 0.3) is 0 Å². The summed E-state index contributed by atoms with van der Waals surface area (Å²) in [6.45, 7) is 5.78. The molecule has 0 atom stereocenters. The molecule has 0 spiro atoms. The van der Waals surface area contributed by atoms with Gasteiger partial charge in [-0.3, -0.25) is 0 Å². The molecule has 0 N–H and O–H groups in total. The summed E-state index contributed by atoms with van der Waals surface area (Å²) in [5.74, 6) is 1.17. The first-order valence-electron chi connectivity index (χ1n) is 4.72. The van der Waals surface area contributed by atoms with Crippen LogP contribution in [0.5, 0.6) is 0 Å². The molecule has 0 radical (unpaired) electrons. The second kappa shape index (κ2) is 5.17. The van der Waals surface area contributed by atoms with Gasteiger partial charge < -0.3 is 4.42 Å². The molecule has 2 rings (SSSR count). The number of aryl methyl sites for hydroxylation is 1. The first-order chi connectivity index (χ1) is 6.86. The quantitative estimate of drug-likeness (QED) is 0.693.